The minimum atomic E-state index is -0.508. The second-order valence-electron chi connectivity index (χ2n) is 7.78. The van der Waals surface area contributed by atoms with Crippen LogP contribution in [0.15, 0.2) is 30.3 Å². The summed E-state index contributed by atoms with van der Waals surface area (Å²) < 4.78 is 10.2. The number of esters is 2. The van der Waals surface area contributed by atoms with Crippen LogP contribution in [0.4, 0.5) is 0 Å². The third kappa shape index (κ3) is 9.72. The molecule has 0 aliphatic heterocycles. The van der Waals surface area contributed by atoms with Crippen molar-refractivity contribution in [2.75, 3.05) is 13.2 Å². The van der Waals surface area contributed by atoms with Crippen LogP contribution in [0.25, 0.3) is 6.08 Å². The van der Waals surface area contributed by atoms with Gasteiger partial charge in [-0.2, -0.15) is 0 Å². The molecule has 0 bridgehead atoms. The first-order chi connectivity index (χ1) is 13.4. The van der Waals surface area contributed by atoms with Crippen molar-refractivity contribution >= 4 is 18.0 Å². The third-order valence-corrected chi connectivity index (χ3v) is 4.96. The summed E-state index contributed by atoms with van der Waals surface area (Å²) in [4.78, 5) is 23.6. The lowest BCUT2D eigenvalue weighted by Gasteiger charge is -2.20. The lowest BCUT2D eigenvalue weighted by Crippen LogP contribution is -2.27. The van der Waals surface area contributed by atoms with Gasteiger partial charge in [-0.1, -0.05) is 63.8 Å². The van der Waals surface area contributed by atoms with E-state index in [0.29, 0.717) is 6.42 Å². The molecule has 28 heavy (non-hydrogen) atoms. The van der Waals surface area contributed by atoms with Crippen LogP contribution < -0.4 is 0 Å². The van der Waals surface area contributed by atoms with E-state index in [2.05, 4.69) is 19.1 Å². The molecule has 4 nitrogen and oxygen atoms in total. The van der Waals surface area contributed by atoms with E-state index < -0.39 is 11.4 Å². The Bertz CT molecular complexity index is 614. The fourth-order valence-corrected chi connectivity index (χ4v) is 2.56. The summed E-state index contributed by atoms with van der Waals surface area (Å²) in [6, 6.07) is 8.25. The number of carbonyl (C=O) groups is 2. The maximum atomic E-state index is 11.8. The van der Waals surface area contributed by atoms with Crippen LogP contribution >= 0.6 is 0 Å². The summed E-state index contributed by atoms with van der Waals surface area (Å²) >= 11 is 0. The van der Waals surface area contributed by atoms with Crippen LogP contribution in [0, 0.1) is 5.41 Å². The average molecular weight is 389 g/mol. The number of ether oxygens (including phenoxy) is 2. The molecule has 0 saturated heterocycles. The minimum Gasteiger partial charge on any atom is -0.462 e. The van der Waals surface area contributed by atoms with E-state index in [1.807, 2.05) is 32.9 Å². The number of hydrogen-bond donors (Lipinski definition) is 0. The molecule has 0 aromatic heterocycles. The molecule has 0 amide bonds. The molecule has 0 unspecified atom stereocenters. The van der Waals surface area contributed by atoms with E-state index in [9.17, 15) is 9.59 Å². The number of aryl methyl sites for hydroxylation is 1. The Labute approximate surface area is 170 Å². The molecule has 0 aliphatic rings. The summed E-state index contributed by atoms with van der Waals surface area (Å²) in [5, 5.41) is 0. The number of carbonyl (C=O) groups excluding carboxylic acids is 2. The maximum absolute atomic E-state index is 11.8. The Balaban J connectivity index is 2.27. The molecule has 0 saturated carbocycles. The Hall–Kier alpha value is -2.10. The van der Waals surface area contributed by atoms with E-state index in [0.717, 1.165) is 12.0 Å². The van der Waals surface area contributed by atoms with Gasteiger partial charge in [0, 0.05) is 6.08 Å². The van der Waals surface area contributed by atoms with Crippen molar-refractivity contribution in [1.82, 2.24) is 0 Å². The molecule has 0 atom stereocenters. The van der Waals surface area contributed by atoms with Gasteiger partial charge in [0.25, 0.3) is 0 Å². The Morgan fingerprint density at radius 3 is 2.21 bits per heavy atom. The van der Waals surface area contributed by atoms with E-state index in [1.165, 1.54) is 43.7 Å². The highest BCUT2D eigenvalue weighted by atomic mass is 16.6. The number of unbranched alkanes of at least 4 members (excludes halogenated alkanes) is 4. The van der Waals surface area contributed by atoms with Gasteiger partial charge in [0.15, 0.2) is 0 Å². The quantitative estimate of drug-likeness (QED) is 0.246. The monoisotopic (exact) mass is 388 g/mol. The molecular weight excluding hydrogens is 352 g/mol. The number of rotatable bonds is 13. The molecule has 4 heteroatoms. The Morgan fingerprint density at radius 1 is 0.929 bits per heavy atom. The van der Waals surface area contributed by atoms with Gasteiger partial charge in [0.1, 0.15) is 13.2 Å². The second kappa shape index (κ2) is 13.1. The smallest absolute Gasteiger partial charge is 0.330 e. The minimum absolute atomic E-state index is 0.0612. The highest BCUT2D eigenvalue weighted by Gasteiger charge is 2.26. The third-order valence-electron chi connectivity index (χ3n) is 4.96. The first kappa shape index (κ1) is 23.9. The zero-order valence-electron chi connectivity index (χ0n) is 18.0. The van der Waals surface area contributed by atoms with E-state index in [1.54, 1.807) is 6.08 Å². The van der Waals surface area contributed by atoms with Gasteiger partial charge < -0.3 is 9.47 Å². The zero-order chi connectivity index (χ0) is 20.8. The SMILES string of the molecule is CCCCCCCc1ccc(/C=C/C(=O)OCCOC(=O)C(C)(C)CC)cc1. The summed E-state index contributed by atoms with van der Waals surface area (Å²) in [6.07, 6.45) is 11.3. The molecule has 0 aliphatic carbocycles. The topological polar surface area (TPSA) is 52.6 Å². The molecule has 156 valence electrons. The predicted molar refractivity (Wildman–Crippen MR) is 114 cm³/mol. The molecule has 0 heterocycles. The van der Waals surface area contributed by atoms with E-state index in [4.69, 9.17) is 9.47 Å². The number of benzene rings is 1. The van der Waals surface area contributed by atoms with Crippen LogP contribution in [0.3, 0.4) is 0 Å². The van der Waals surface area contributed by atoms with Gasteiger partial charge in [0.05, 0.1) is 5.41 Å². The molecule has 1 aromatic carbocycles. The first-order valence-electron chi connectivity index (χ1n) is 10.5. The fraction of sp³-hybridized carbons (Fsp3) is 0.583. The van der Waals surface area contributed by atoms with Crippen LogP contribution in [0.5, 0.6) is 0 Å². The Morgan fingerprint density at radius 2 is 1.57 bits per heavy atom. The van der Waals surface area contributed by atoms with E-state index in [-0.39, 0.29) is 19.2 Å². The van der Waals surface area contributed by atoms with Crippen LogP contribution in [-0.2, 0) is 25.5 Å². The molecule has 0 radical (unpaired) electrons. The van der Waals surface area contributed by atoms with Gasteiger partial charge in [-0.05, 0) is 50.3 Å². The molecular formula is C24H36O4. The van der Waals surface area contributed by atoms with Gasteiger partial charge >= 0.3 is 11.9 Å². The van der Waals surface area contributed by atoms with Gasteiger partial charge in [-0.15, -0.1) is 0 Å². The van der Waals surface area contributed by atoms with Crippen LogP contribution in [0.1, 0.15) is 77.3 Å². The van der Waals surface area contributed by atoms with Crippen molar-refractivity contribution in [1.29, 1.82) is 0 Å². The number of hydrogen-bond acceptors (Lipinski definition) is 4. The van der Waals surface area contributed by atoms with Crippen LogP contribution in [0.2, 0.25) is 0 Å². The highest BCUT2D eigenvalue weighted by molar-refractivity contribution is 5.87. The molecule has 1 rings (SSSR count). The zero-order valence-corrected chi connectivity index (χ0v) is 18.0. The lowest BCUT2D eigenvalue weighted by molar-refractivity contribution is -0.157. The Kier molecular flexibility index (Phi) is 11.2. The van der Waals surface area contributed by atoms with Crippen molar-refractivity contribution in [3.63, 3.8) is 0 Å². The highest BCUT2D eigenvalue weighted by Crippen LogP contribution is 2.21. The van der Waals surface area contributed by atoms with Gasteiger partial charge in [-0.25, -0.2) is 4.79 Å². The van der Waals surface area contributed by atoms with Crippen molar-refractivity contribution in [3.05, 3.63) is 41.5 Å². The first-order valence-corrected chi connectivity index (χ1v) is 10.5. The summed E-state index contributed by atoms with van der Waals surface area (Å²) in [7, 11) is 0. The second-order valence-corrected chi connectivity index (χ2v) is 7.78. The van der Waals surface area contributed by atoms with Crippen LogP contribution in [-0.4, -0.2) is 25.2 Å². The van der Waals surface area contributed by atoms with Crippen molar-refractivity contribution in [3.8, 4) is 0 Å². The normalized spacial score (nSPS) is 11.6. The lowest BCUT2D eigenvalue weighted by atomic mass is 9.91. The average Bonchev–Trinajstić information content (AvgIpc) is 2.70. The van der Waals surface area contributed by atoms with Crippen molar-refractivity contribution < 1.29 is 19.1 Å². The summed E-state index contributed by atoms with van der Waals surface area (Å²) in [6.45, 7) is 7.97. The van der Waals surface area contributed by atoms with Gasteiger partial charge in [0.2, 0.25) is 0 Å². The van der Waals surface area contributed by atoms with Crippen molar-refractivity contribution in [2.24, 2.45) is 5.41 Å². The summed E-state index contributed by atoms with van der Waals surface area (Å²) in [5.41, 5.74) is 1.78. The predicted octanol–water partition coefficient (Wildman–Crippen LogP) is 5.74. The van der Waals surface area contributed by atoms with Gasteiger partial charge in [-0.3, -0.25) is 4.79 Å². The molecule has 0 spiro atoms. The van der Waals surface area contributed by atoms with Crippen molar-refractivity contribution in [2.45, 2.75) is 72.6 Å². The summed E-state index contributed by atoms with van der Waals surface area (Å²) in [5.74, 6) is -0.710. The van der Waals surface area contributed by atoms with E-state index >= 15 is 0 Å². The maximum Gasteiger partial charge on any atom is 0.330 e. The largest absolute Gasteiger partial charge is 0.462 e. The molecule has 1 aromatic rings. The fourth-order valence-electron chi connectivity index (χ4n) is 2.56. The molecule has 0 fully saturated rings. The molecule has 0 N–H and O–H groups in total. The standard InChI is InChI=1S/C24H36O4/c1-5-7-8-9-10-11-20-12-14-21(15-13-20)16-17-22(25)27-18-19-28-23(26)24(3,4)6-2/h12-17H,5-11,18-19H2,1-4H3/b17-16+.